The maximum Gasteiger partial charge on any atom is 0.212 e. The molecule has 6 heteroatoms. The Balaban J connectivity index is 1.91. The monoisotopic (exact) mass is 247 g/mol. The van der Waals surface area contributed by atoms with Crippen molar-refractivity contribution in [3.63, 3.8) is 0 Å². The van der Waals surface area contributed by atoms with Gasteiger partial charge in [-0.15, -0.1) is 5.10 Å². The molecule has 0 aliphatic rings. The smallest absolute Gasteiger partial charge is 0.212 e. The van der Waals surface area contributed by atoms with Gasteiger partial charge in [0, 0.05) is 38.6 Å². The fourth-order valence-corrected chi connectivity index (χ4v) is 1.74. The minimum absolute atomic E-state index is 0.635. The molecular formula is C12H17N5O. The highest BCUT2D eigenvalue weighted by Gasteiger charge is 2.05. The number of hydrogen-bond donors (Lipinski definition) is 0. The van der Waals surface area contributed by atoms with E-state index in [2.05, 4.69) is 20.2 Å². The first-order valence-corrected chi connectivity index (χ1v) is 5.70. The van der Waals surface area contributed by atoms with Gasteiger partial charge in [0.2, 0.25) is 5.88 Å². The van der Waals surface area contributed by atoms with Crippen LogP contribution in [-0.2, 0) is 20.1 Å². The van der Waals surface area contributed by atoms with E-state index in [0.29, 0.717) is 5.88 Å². The van der Waals surface area contributed by atoms with Crippen molar-refractivity contribution < 1.29 is 4.74 Å². The number of rotatable bonds is 5. The van der Waals surface area contributed by atoms with Gasteiger partial charge >= 0.3 is 0 Å². The quantitative estimate of drug-likeness (QED) is 0.784. The lowest BCUT2D eigenvalue weighted by molar-refractivity contribution is 0.314. The van der Waals surface area contributed by atoms with Gasteiger partial charge < -0.3 is 4.74 Å². The van der Waals surface area contributed by atoms with E-state index in [1.807, 2.05) is 38.6 Å². The van der Waals surface area contributed by atoms with Gasteiger partial charge in [0.25, 0.3) is 0 Å². The average molecular weight is 247 g/mol. The number of pyridine rings is 1. The van der Waals surface area contributed by atoms with Crippen LogP contribution in [0.2, 0.25) is 0 Å². The summed E-state index contributed by atoms with van der Waals surface area (Å²) >= 11 is 0. The van der Waals surface area contributed by atoms with E-state index in [1.165, 1.54) is 0 Å². The normalized spacial score (nSPS) is 10.9. The minimum Gasteiger partial charge on any atom is -0.481 e. The summed E-state index contributed by atoms with van der Waals surface area (Å²) in [6, 6.07) is 3.88. The van der Waals surface area contributed by atoms with Gasteiger partial charge in [-0.1, -0.05) is 11.3 Å². The molecule has 0 amide bonds. The Morgan fingerprint density at radius 1 is 1.33 bits per heavy atom. The Bertz CT molecular complexity index is 493. The summed E-state index contributed by atoms with van der Waals surface area (Å²) in [4.78, 5) is 6.34. The Kier molecular flexibility index (Phi) is 3.88. The van der Waals surface area contributed by atoms with Crippen LogP contribution in [0.3, 0.4) is 0 Å². The highest BCUT2D eigenvalue weighted by atomic mass is 16.5. The van der Waals surface area contributed by atoms with Crippen LogP contribution in [0.15, 0.2) is 24.5 Å². The molecule has 0 aromatic carbocycles. The lowest BCUT2D eigenvalue weighted by Crippen LogP contribution is -2.17. The van der Waals surface area contributed by atoms with Crippen LogP contribution in [0.4, 0.5) is 0 Å². The standard InChI is InChI=1S/C12H17N5O/c1-16(8-11-9-17(2)15-14-11)7-10-4-5-12(18-3)13-6-10/h4-6,9H,7-8H2,1-3H3. The van der Waals surface area contributed by atoms with Gasteiger partial charge in [-0.25, -0.2) is 4.98 Å². The van der Waals surface area contributed by atoms with Crippen molar-refractivity contribution in [1.82, 2.24) is 24.9 Å². The lowest BCUT2D eigenvalue weighted by Gasteiger charge is -2.14. The second-order valence-corrected chi connectivity index (χ2v) is 4.26. The maximum absolute atomic E-state index is 5.03. The molecule has 0 aliphatic heterocycles. The van der Waals surface area contributed by atoms with Crippen molar-refractivity contribution in [3.8, 4) is 5.88 Å². The summed E-state index contributed by atoms with van der Waals surface area (Å²) in [5.41, 5.74) is 2.10. The predicted molar refractivity (Wildman–Crippen MR) is 67.0 cm³/mol. The highest BCUT2D eigenvalue weighted by molar-refractivity contribution is 5.17. The molecule has 6 nitrogen and oxygen atoms in total. The van der Waals surface area contributed by atoms with Crippen LogP contribution >= 0.6 is 0 Å². The molecule has 2 aromatic rings. The summed E-state index contributed by atoms with van der Waals surface area (Å²) in [6.07, 6.45) is 3.74. The van der Waals surface area contributed by atoms with Crippen molar-refractivity contribution in [2.75, 3.05) is 14.2 Å². The summed E-state index contributed by atoms with van der Waals surface area (Å²) in [6.45, 7) is 1.58. The van der Waals surface area contributed by atoms with Crippen LogP contribution in [0.5, 0.6) is 5.88 Å². The molecule has 0 fully saturated rings. The molecule has 0 atom stereocenters. The lowest BCUT2D eigenvalue weighted by atomic mass is 10.2. The zero-order valence-electron chi connectivity index (χ0n) is 10.9. The van der Waals surface area contributed by atoms with Crippen molar-refractivity contribution in [2.24, 2.45) is 7.05 Å². The van der Waals surface area contributed by atoms with Crippen molar-refractivity contribution in [3.05, 3.63) is 35.8 Å². The van der Waals surface area contributed by atoms with Crippen LogP contribution in [0.25, 0.3) is 0 Å². The van der Waals surface area contributed by atoms with E-state index in [1.54, 1.807) is 11.8 Å². The Morgan fingerprint density at radius 3 is 2.72 bits per heavy atom. The molecule has 2 heterocycles. The molecule has 0 saturated carbocycles. The molecule has 0 bridgehead atoms. The second kappa shape index (κ2) is 5.59. The zero-order valence-corrected chi connectivity index (χ0v) is 10.9. The third kappa shape index (κ3) is 3.27. The first-order chi connectivity index (χ1) is 8.67. The molecule has 0 aliphatic carbocycles. The summed E-state index contributed by atoms with van der Waals surface area (Å²) in [5, 5.41) is 7.97. The topological polar surface area (TPSA) is 56.1 Å². The summed E-state index contributed by atoms with van der Waals surface area (Å²) in [5.74, 6) is 0.635. The minimum atomic E-state index is 0.635. The second-order valence-electron chi connectivity index (χ2n) is 4.26. The fraction of sp³-hybridized carbons (Fsp3) is 0.417. The molecule has 2 rings (SSSR count). The van der Waals surface area contributed by atoms with Crippen LogP contribution in [-0.4, -0.2) is 39.0 Å². The number of aromatic nitrogens is 4. The van der Waals surface area contributed by atoms with Gasteiger partial charge in [-0.3, -0.25) is 9.58 Å². The van der Waals surface area contributed by atoms with Crippen LogP contribution in [0.1, 0.15) is 11.3 Å². The largest absolute Gasteiger partial charge is 0.481 e. The van der Waals surface area contributed by atoms with Crippen molar-refractivity contribution in [1.29, 1.82) is 0 Å². The van der Waals surface area contributed by atoms with Crippen molar-refractivity contribution in [2.45, 2.75) is 13.1 Å². The number of aryl methyl sites for hydroxylation is 1. The summed E-state index contributed by atoms with van der Waals surface area (Å²) < 4.78 is 6.73. The number of methoxy groups -OCH3 is 1. The first-order valence-electron chi connectivity index (χ1n) is 5.70. The SMILES string of the molecule is COc1ccc(CN(C)Cc2cn(C)nn2)cn1. The Morgan fingerprint density at radius 2 is 2.17 bits per heavy atom. The molecular weight excluding hydrogens is 230 g/mol. The Hall–Kier alpha value is -1.95. The molecule has 18 heavy (non-hydrogen) atoms. The van der Waals surface area contributed by atoms with E-state index in [9.17, 15) is 0 Å². The molecule has 0 saturated heterocycles. The van der Waals surface area contributed by atoms with Gasteiger partial charge in [0.1, 0.15) is 0 Å². The Labute approximate surface area is 106 Å². The van der Waals surface area contributed by atoms with Crippen LogP contribution < -0.4 is 4.74 Å². The highest BCUT2D eigenvalue weighted by Crippen LogP contribution is 2.09. The van der Waals surface area contributed by atoms with Crippen molar-refractivity contribution >= 4 is 0 Å². The third-order valence-corrected chi connectivity index (χ3v) is 2.54. The number of hydrogen-bond acceptors (Lipinski definition) is 5. The summed E-state index contributed by atoms with van der Waals surface area (Å²) in [7, 11) is 5.52. The molecule has 0 unspecified atom stereocenters. The van der Waals surface area contributed by atoms with E-state index < -0.39 is 0 Å². The van der Waals surface area contributed by atoms with Gasteiger partial charge in [-0.2, -0.15) is 0 Å². The fourth-order valence-electron chi connectivity index (χ4n) is 1.74. The number of ether oxygens (including phenoxy) is 1. The number of nitrogens with zero attached hydrogens (tertiary/aromatic N) is 5. The van der Waals surface area contributed by atoms with E-state index in [-0.39, 0.29) is 0 Å². The van der Waals surface area contributed by atoms with Gasteiger partial charge in [0.05, 0.1) is 12.8 Å². The molecule has 96 valence electrons. The average Bonchev–Trinajstić information content (AvgIpc) is 2.75. The van der Waals surface area contributed by atoms with E-state index >= 15 is 0 Å². The van der Waals surface area contributed by atoms with E-state index in [0.717, 1.165) is 24.3 Å². The van der Waals surface area contributed by atoms with E-state index in [4.69, 9.17) is 4.74 Å². The third-order valence-electron chi connectivity index (χ3n) is 2.54. The molecule has 0 N–H and O–H groups in total. The van der Waals surface area contributed by atoms with Gasteiger partial charge in [-0.05, 0) is 12.6 Å². The predicted octanol–water partition coefficient (Wildman–Crippen LogP) is 0.851. The molecule has 2 aromatic heterocycles. The first kappa shape index (κ1) is 12.5. The van der Waals surface area contributed by atoms with Crippen LogP contribution in [0, 0.1) is 0 Å². The van der Waals surface area contributed by atoms with Gasteiger partial charge in [0.15, 0.2) is 0 Å². The molecule has 0 radical (unpaired) electrons. The molecule has 0 spiro atoms. The maximum atomic E-state index is 5.03. The zero-order chi connectivity index (χ0) is 13.0.